The van der Waals surface area contributed by atoms with E-state index in [0.29, 0.717) is 25.9 Å². The summed E-state index contributed by atoms with van der Waals surface area (Å²) in [4.78, 5) is 14.1. The highest BCUT2D eigenvalue weighted by atomic mass is 19.3. The minimum atomic E-state index is -2.49. The van der Waals surface area contributed by atoms with Crippen LogP contribution in [0, 0.1) is 0 Å². The number of aryl methyl sites for hydroxylation is 1. The average Bonchev–Trinajstić information content (AvgIpc) is 2.52. The molecule has 0 spiro atoms. The van der Waals surface area contributed by atoms with E-state index in [1.165, 1.54) is 5.56 Å². The number of carbonyl (C=O) groups is 1. The monoisotopic (exact) mass is 326 g/mol. The first-order valence-corrected chi connectivity index (χ1v) is 8.06. The van der Waals surface area contributed by atoms with Crippen LogP contribution in [0.15, 0.2) is 30.3 Å². The second-order valence-electron chi connectivity index (χ2n) is 6.04. The Balaban J connectivity index is 1.81. The van der Waals surface area contributed by atoms with E-state index in [0.717, 1.165) is 12.8 Å². The molecule has 0 saturated carbocycles. The summed E-state index contributed by atoms with van der Waals surface area (Å²) < 4.78 is 24.4. The molecular weight excluding hydrogens is 302 g/mol. The van der Waals surface area contributed by atoms with Crippen molar-refractivity contribution in [2.75, 3.05) is 26.2 Å². The average molecular weight is 326 g/mol. The first-order valence-electron chi connectivity index (χ1n) is 8.06. The third kappa shape index (κ3) is 5.25. The Morgan fingerprint density at radius 3 is 2.74 bits per heavy atom. The molecule has 1 fully saturated rings. The lowest BCUT2D eigenvalue weighted by molar-refractivity contribution is -0.156. The highest BCUT2D eigenvalue weighted by molar-refractivity contribution is 5.86. The number of carbonyl (C=O) groups excluding carboxylic acids is 1. The highest BCUT2D eigenvalue weighted by Gasteiger charge is 2.41. The third-order valence-electron chi connectivity index (χ3n) is 4.16. The quantitative estimate of drug-likeness (QED) is 0.766. The summed E-state index contributed by atoms with van der Waals surface area (Å²) in [6, 6.07) is 10.0. The lowest BCUT2D eigenvalue weighted by Crippen LogP contribution is -2.58. The maximum absolute atomic E-state index is 12.4. The van der Waals surface area contributed by atoms with Crippen LogP contribution in [0.4, 0.5) is 8.78 Å². The Morgan fingerprint density at radius 2 is 2.04 bits per heavy atom. The minimum Gasteiger partial charge on any atom is -0.379 e. The largest absolute Gasteiger partial charge is 0.379 e. The number of hydrogen-bond donors (Lipinski definition) is 2. The maximum atomic E-state index is 12.4. The van der Waals surface area contributed by atoms with Crippen LogP contribution in [0.1, 0.15) is 24.8 Å². The van der Waals surface area contributed by atoms with E-state index in [1.54, 1.807) is 4.90 Å². The van der Waals surface area contributed by atoms with Crippen molar-refractivity contribution in [2.24, 2.45) is 0 Å². The molecule has 0 bridgehead atoms. The van der Waals surface area contributed by atoms with E-state index < -0.39 is 18.6 Å². The molecule has 1 aromatic rings. The Labute approximate surface area is 135 Å². The number of alkyl halides is 2. The number of benzene rings is 1. The van der Waals surface area contributed by atoms with Crippen molar-refractivity contribution in [3.8, 4) is 0 Å². The van der Waals surface area contributed by atoms with Gasteiger partial charge < -0.3 is 15.3 Å². The van der Waals surface area contributed by atoms with Crippen LogP contribution >= 0.6 is 0 Å². The number of aliphatic hydroxyl groups is 1. The number of piperidine rings is 1. The molecule has 0 aliphatic carbocycles. The SMILES string of the molecule is O=C1N(CCCc2ccccc2)CCCC1(O)CNCC(F)F. The fraction of sp³-hybridized carbons (Fsp3) is 0.588. The molecule has 1 atom stereocenters. The molecule has 2 rings (SSSR count). The zero-order chi connectivity index (χ0) is 16.7. The van der Waals surface area contributed by atoms with Crippen molar-refractivity contribution in [1.82, 2.24) is 10.2 Å². The summed E-state index contributed by atoms with van der Waals surface area (Å²) in [6.07, 6.45) is 0.198. The number of hydrogen-bond acceptors (Lipinski definition) is 3. The van der Waals surface area contributed by atoms with Crippen molar-refractivity contribution >= 4 is 5.91 Å². The molecule has 1 unspecified atom stereocenters. The van der Waals surface area contributed by atoms with Crippen molar-refractivity contribution in [3.05, 3.63) is 35.9 Å². The predicted molar refractivity (Wildman–Crippen MR) is 84.4 cm³/mol. The molecule has 1 amide bonds. The molecule has 128 valence electrons. The van der Waals surface area contributed by atoms with Gasteiger partial charge in [-0.05, 0) is 31.2 Å². The van der Waals surface area contributed by atoms with Gasteiger partial charge in [-0.2, -0.15) is 0 Å². The molecule has 4 nitrogen and oxygen atoms in total. The number of nitrogens with zero attached hydrogens (tertiary/aromatic N) is 1. The molecule has 1 heterocycles. The molecular formula is C17H24F2N2O2. The van der Waals surface area contributed by atoms with E-state index in [-0.39, 0.29) is 12.5 Å². The summed E-state index contributed by atoms with van der Waals surface area (Å²) in [5.74, 6) is -0.349. The van der Waals surface area contributed by atoms with E-state index >= 15 is 0 Å². The summed E-state index contributed by atoms with van der Waals surface area (Å²) in [6.45, 7) is 0.560. The molecule has 1 aliphatic rings. The first kappa shape index (κ1) is 17.8. The second kappa shape index (κ2) is 8.36. The Morgan fingerprint density at radius 1 is 1.30 bits per heavy atom. The number of rotatable bonds is 8. The van der Waals surface area contributed by atoms with Gasteiger partial charge in [0.25, 0.3) is 12.3 Å². The molecule has 6 heteroatoms. The molecule has 0 aromatic heterocycles. The van der Waals surface area contributed by atoms with Crippen molar-refractivity contribution in [3.63, 3.8) is 0 Å². The summed E-state index contributed by atoms with van der Waals surface area (Å²) >= 11 is 0. The second-order valence-corrected chi connectivity index (χ2v) is 6.04. The molecule has 1 saturated heterocycles. The smallest absolute Gasteiger partial charge is 0.255 e. The van der Waals surface area contributed by atoms with Gasteiger partial charge >= 0.3 is 0 Å². The minimum absolute atomic E-state index is 0.120. The molecule has 23 heavy (non-hydrogen) atoms. The number of halogens is 2. The lowest BCUT2D eigenvalue weighted by Gasteiger charge is -2.38. The van der Waals surface area contributed by atoms with E-state index in [2.05, 4.69) is 5.32 Å². The standard InChI is InChI=1S/C17H24F2N2O2/c18-15(19)12-20-13-17(23)9-5-11-21(16(17)22)10-4-8-14-6-2-1-3-7-14/h1-3,6-7,15,20,23H,4-5,8-13H2. The van der Waals surface area contributed by atoms with Crippen molar-refractivity contribution in [2.45, 2.75) is 37.7 Å². The fourth-order valence-corrected chi connectivity index (χ4v) is 2.95. The summed E-state index contributed by atoms with van der Waals surface area (Å²) in [5.41, 5.74) is -0.342. The van der Waals surface area contributed by atoms with E-state index in [4.69, 9.17) is 0 Å². The van der Waals surface area contributed by atoms with Crippen LogP contribution in [-0.2, 0) is 11.2 Å². The molecule has 0 radical (unpaired) electrons. The number of amides is 1. The summed E-state index contributed by atoms with van der Waals surface area (Å²) in [7, 11) is 0. The molecule has 2 N–H and O–H groups in total. The van der Waals surface area contributed by atoms with Crippen molar-refractivity contribution < 1.29 is 18.7 Å². The molecule has 1 aliphatic heterocycles. The van der Waals surface area contributed by atoms with Gasteiger partial charge in [-0.15, -0.1) is 0 Å². The third-order valence-corrected chi connectivity index (χ3v) is 4.16. The Hall–Kier alpha value is -1.53. The van der Waals surface area contributed by atoms with Gasteiger partial charge in [0, 0.05) is 19.6 Å². The number of nitrogens with one attached hydrogen (secondary N) is 1. The molecule has 1 aromatic carbocycles. The van der Waals surface area contributed by atoms with Gasteiger partial charge in [-0.3, -0.25) is 4.79 Å². The zero-order valence-electron chi connectivity index (χ0n) is 13.2. The van der Waals surface area contributed by atoms with Gasteiger partial charge in [0.2, 0.25) is 0 Å². The van der Waals surface area contributed by atoms with Crippen molar-refractivity contribution in [1.29, 1.82) is 0 Å². The number of likely N-dealkylation sites (tertiary alicyclic amines) is 1. The summed E-state index contributed by atoms with van der Waals surface area (Å²) in [5, 5.41) is 12.9. The topological polar surface area (TPSA) is 52.6 Å². The first-order chi connectivity index (χ1) is 11.0. The van der Waals surface area contributed by atoms with Gasteiger partial charge in [0.05, 0.1) is 6.54 Å². The van der Waals surface area contributed by atoms with Crippen LogP contribution in [0.25, 0.3) is 0 Å². The van der Waals surface area contributed by atoms with Gasteiger partial charge in [-0.25, -0.2) is 8.78 Å². The highest BCUT2D eigenvalue weighted by Crippen LogP contribution is 2.22. The fourth-order valence-electron chi connectivity index (χ4n) is 2.95. The van der Waals surface area contributed by atoms with Gasteiger partial charge in [0.15, 0.2) is 5.60 Å². The predicted octanol–water partition coefficient (Wildman–Crippen LogP) is 1.83. The van der Waals surface area contributed by atoms with Gasteiger partial charge in [0.1, 0.15) is 0 Å². The van der Waals surface area contributed by atoms with Crippen LogP contribution in [0.3, 0.4) is 0 Å². The van der Waals surface area contributed by atoms with E-state index in [1.807, 2.05) is 30.3 Å². The Bertz CT molecular complexity index is 499. The van der Waals surface area contributed by atoms with E-state index in [9.17, 15) is 18.7 Å². The van der Waals surface area contributed by atoms with Crippen LogP contribution < -0.4 is 5.32 Å². The van der Waals surface area contributed by atoms with Crippen LogP contribution in [0.5, 0.6) is 0 Å². The zero-order valence-corrected chi connectivity index (χ0v) is 13.2. The van der Waals surface area contributed by atoms with Crippen LogP contribution in [-0.4, -0.2) is 54.1 Å². The van der Waals surface area contributed by atoms with Gasteiger partial charge in [-0.1, -0.05) is 30.3 Å². The normalized spacial score (nSPS) is 21.9. The maximum Gasteiger partial charge on any atom is 0.255 e. The lowest BCUT2D eigenvalue weighted by atomic mass is 9.91. The van der Waals surface area contributed by atoms with Crippen LogP contribution in [0.2, 0.25) is 0 Å². The Kier molecular flexibility index (Phi) is 6.47.